The van der Waals surface area contributed by atoms with Crippen LogP contribution in [0.1, 0.15) is 20.8 Å². The third kappa shape index (κ3) is 2.20. The maximum atomic E-state index is 2.43. The van der Waals surface area contributed by atoms with E-state index >= 15 is 0 Å². The molecule has 1 heteroatoms. The summed E-state index contributed by atoms with van der Waals surface area (Å²) in [5.74, 6) is 0. The summed E-state index contributed by atoms with van der Waals surface area (Å²) in [4.78, 5) is 0. The van der Waals surface area contributed by atoms with E-state index in [1.807, 2.05) is 0 Å². The minimum atomic E-state index is -1.72. The van der Waals surface area contributed by atoms with Gasteiger partial charge in [-0.3, -0.25) is 0 Å². The van der Waals surface area contributed by atoms with Crippen molar-refractivity contribution in [1.82, 2.24) is 0 Å². The number of hydrogen-bond acceptors (Lipinski definition) is 0. The topological polar surface area (TPSA) is 0 Å². The summed E-state index contributed by atoms with van der Waals surface area (Å²) >= 11 is -1.72. The van der Waals surface area contributed by atoms with Crippen molar-refractivity contribution < 1.29 is 33.8 Å². The zero-order chi connectivity index (χ0) is 13.6. The Morgan fingerprint density at radius 2 is 0.684 bits per heavy atom. The van der Waals surface area contributed by atoms with Gasteiger partial charge in [-0.1, -0.05) is 0 Å². The Morgan fingerprint density at radius 3 is 0.895 bits per heavy atom. The predicted octanol–water partition coefficient (Wildman–Crippen LogP) is 5.52. The van der Waals surface area contributed by atoms with Crippen molar-refractivity contribution in [2.45, 2.75) is 24.4 Å². The molecule has 0 aromatic carbocycles. The summed E-state index contributed by atoms with van der Waals surface area (Å²) in [6.07, 6.45) is 28.0. The maximum absolute atomic E-state index is 2.43. The molecule has 3 rings (SSSR count). The van der Waals surface area contributed by atoms with Crippen molar-refractivity contribution in [3.8, 4) is 0 Å². The van der Waals surface area contributed by atoms with E-state index in [1.165, 1.54) is 0 Å². The second-order valence-corrected chi connectivity index (χ2v) is 14.8. The Bertz CT molecular complexity index is 437. The van der Waals surface area contributed by atoms with Crippen molar-refractivity contribution in [3.05, 3.63) is 72.9 Å². The predicted molar refractivity (Wildman–Crippen MR) is 79.9 cm³/mol. The average molecular weight is 395 g/mol. The molecule has 0 unspecified atom stereocenters. The molecule has 0 amide bonds. The van der Waals surface area contributed by atoms with Gasteiger partial charge in [0.25, 0.3) is 0 Å². The first kappa shape index (κ1) is 13.7. The van der Waals surface area contributed by atoms with E-state index < -0.39 is 33.8 Å². The number of allylic oxidation sites excluding steroid dienone is 12. The van der Waals surface area contributed by atoms with Crippen LogP contribution in [0.15, 0.2) is 72.9 Å². The van der Waals surface area contributed by atoms with Gasteiger partial charge in [0.15, 0.2) is 0 Å². The quantitative estimate of drug-likeness (QED) is 0.591. The van der Waals surface area contributed by atoms with Crippen LogP contribution in [0, 0.1) is 33.8 Å². The Balaban J connectivity index is 2.12. The van der Waals surface area contributed by atoms with Gasteiger partial charge in [-0.15, -0.1) is 0 Å². The fourth-order valence-corrected chi connectivity index (χ4v) is 14.7. The first-order valence-corrected chi connectivity index (χ1v) is 10.2. The Morgan fingerprint density at radius 1 is 0.474 bits per heavy atom. The Kier molecular flexibility index (Phi) is 3.36. The molecule has 0 nitrogen and oxygen atoms in total. The molecule has 0 aromatic rings. The van der Waals surface area contributed by atoms with Crippen LogP contribution in [0.5, 0.6) is 0 Å². The molecule has 0 atom stereocenters. The van der Waals surface area contributed by atoms with Crippen molar-refractivity contribution >= 4 is 0 Å². The van der Waals surface area contributed by atoms with Crippen molar-refractivity contribution in [1.29, 1.82) is 0 Å². The molecule has 0 bridgehead atoms. The van der Waals surface area contributed by atoms with E-state index in [2.05, 4.69) is 93.7 Å². The molecular weight excluding hydrogens is 373 g/mol. The van der Waals surface area contributed by atoms with E-state index in [-0.39, 0.29) is 3.58 Å². The van der Waals surface area contributed by atoms with Gasteiger partial charge in [0.2, 0.25) is 0 Å². The molecule has 0 aliphatic heterocycles. The first-order valence-electron chi connectivity index (χ1n) is 6.76. The third-order valence-corrected chi connectivity index (χ3v) is 13.6. The van der Waals surface area contributed by atoms with E-state index in [0.717, 1.165) is 0 Å². The van der Waals surface area contributed by atoms with Crippen LogP contribution >= 0.6 is 0 Å². The molecule has 0 N–H and O–H groups in total. The second kappa shape index (κ2) is 4.65. The monoisotopic (exact) mass is 395 g/mol. The zero-order valence-corrected chi connectivity index (χ0v) is 14.1. The molecule has 3 aliphatic rings. The van der Waals surface area contributed by atoms with Crippen molar-refractivity contribution in [2.24, 2.45) is 0 Å². The van der Waals surface area contributed by atoms with Crippen LogP contribution < -0.4 is 0 Å². The standard InChI is InChI=1S/3C6H7.Gd/c3*1-6-4-2-3-5-6;/h3*2-5H,1H3;. The third-order valence-electron chi connectivity index (χ3n) is 3.98. The summed E-state index contributed by atoms with van der Waals surface area (Å²) in [7, 11) is 0. The van der Waals surface area contributed by atoms with Gasteiger partial charge < -0.3 is 0 Å². The van der Waals surface area contributed by atoms with Crippen molar-refractivity contribution in [2.75, 3.05) is 0 Å². The number of hydrogen-bond donors (Lipinski definition) is 0. The molecule has 0 heterocycles. The Hall–Kier alpha value is -0.235. The van der Waals surface area contributed by atoms with E-state index in [0.29, 0.717) is 0 Å². The molecule has 0 radical (unpaired) electrons. The van der Waals surface area contributed by atoms with Gasteiger partial charge in [0.05, 0.1) is 0 Å². The number of rotatable bonds is 3. The van der Waals surface area contributed by atoms with Crippen LogP contribution in [0.2, 0.25) is 3.58 Å². The first-order chi connectivity index (χ1) is 8.99. The van der Waals surface area contributed by atoms with Gasteiger partial charge in [0.1, 0.15) is 0 Å². The van der Waals surface area contributed by atoms with Crippen LogP contribution in [0.3, 0.4) is 0 Å². The van der Waals surface area contributed by atoms with Crippen LogP contribution in [0.25, 0.3) is 0 Å². The van der Waals surface area contributed by atoms with E-state index in [9.17, 15) is 0 Å². The molecule has 0 fully saturated rings. The summed E-state index contributed by atoms with van der Waals surface area (Å²) in [5, 5.41) is 0. The van der Waals surface area contributed by atoms with Crippen molar-refractivity contribution in [3.63, 3.8) is 0 Å². The molecule has 0 saturated heterocycles. The van der Waals surface area contributed by atoms with Crippen LogP contribution in [0.4, 0.5) is 0 Å². The molecule has 101 valence electrons. The average Bonchev–Trinajstić information content (AvgIpc) is 3.03. The summed E-state index contributed by atoms with van der Waals surface area (Å²) in [6.45, 7) is 7.30. The van der Waals surface area contributed by atoms with Crippen LogP contribution in [-0.4, -0.2) is 0 Å². The molecule has 0 spiro atoms. The zero-order valence-electron chi connectivity index (χ0n) is 11.8. The fourth-order valence-electron chi connectivity index (χ4n) is 3.20. The molecule has 19 heavy (non-hydrogen) atoms. The molecule has 0 saturated carbocycles. The van der Waals surface area contributed by atoms with Gasteiger partial charge in [0, 0.05) is 0 Å². The fraction of sp³-hybridized carbons (Fsp3) is 0.333. The second-order valence-electron chi connectivity index (χ2n) is 5.79. The molecular formula is C18H21Gd. The Labute approximate surface area is 130 Å². The van der Waals surface area contributed by atoms with Gasteiger partial charge in [-0.25, -0.2) is 0 Å². The van der Waals surface area contributed by atoms with E-state index in [1.54, 1.807) is 0 Å². The van der Waals surface area contributed by atoms with Gasteiger partial charge >= 0.3 is 131 Å². The molecule has 3 aliphatic carbocycles. The summed E-state index contributed by atoms with van der Waals surface area (Å²) in [5.41, 5.74) is 0. The SMILES string of the molecule is C[C]1([Gd]([C]2(C)C=CC=C2)[C]2(C)C=CC=C2)C=CC=C1. The summed E-state index contributed by atoms with van der Waals surface area (Å²) in [6, 6.07) is 0. The van der Waals surface area contributed by atoms with Gasteiger partial charge in [-0.05, 0) is 0 Å². The summed E-state index contributed by atoms with van der Waals surface area (Å²) < 4.78 is 0.824. The van der Waals surface area contributed by atoms with Crippen LogP contribution in [-0.2, 0) is 0 Å². The normalized spacial score (nSPS) is 27.6. The minimum absolute atomic E-state index is 0.275. The van der Waals surface area contributed by atoms with E-state index in [4.69, 9.17) is 0 Å². The van der Waals surface area contributed by atoms with Gasteiger partial charge in [-0.2, -0.15) is 0 Å². The molecule has 0 aromatic heterocycles.